The number of hydrogen-bond donors (Lipinski definition) is 1. The molecule has 2 saturated heterocycles. The normalized spacial score (nSPS) is 23.7. The molecule has 23 heavy (non-hydrogen) atoms. The number of aliphatic hydroxyl groups excluding tert-OH is 1. The van der Waals surface area contributed by atoms with Gasteiger partial charge in [0, 0.05) is 51.8 Å². The van der Waals surface area contributed by atoms with E-state index in [1.807, 2.05) is 4.90 Å². The largest absolute Gasteiger partial charge is 0.396 e. The number of carbonyl (C=O) groups excluding carboxylic acids is 2. The molecule has 1 N–H and O–H groups in total. The Balaban J connectivity index is 1.90. The Bertz CT molecular complexity index is 414. The van der Waals surface area contributed by atoms with E-state index < -0.39 is 0 Å². The Labute approximate surface area is 139 Å². The van der Waals surface area contributed by atoms with Crippen LogP contribution in [0.1, 0.15) is 39.5 Å². The van der Waals surface area contributed by atoms with E-state index in [1.54, 1.807) is 4.90 Å². The van der Waals surface area contributed by atoms with E-state index >= 15 is 0 Å². The summed E-state index contributed by atoms with van der Waals surface area (Å²) in [6.45, 7) is 8.67. The summed E-state index contributed by atoms with van der Waals surface area (Å²) in [5, 5.41) is 9.31. The summed E-state index contributed by atoms with van der Waals surface area (Å²) in [6, 6.07) is 0.220. The Morgan fingerprint density at radius 1 is 1.26 bits per heavy atom. The van der Waals surface area contributed by atoms with Crippen molar-refractivity contribution in [2.45, 2.75) is 45.6 Å². The Morgan fingerprint density at radius 2 is 2.04 bits per heavy atom. The fourth-order valence-corrected chi connectivity index (χ4v) is 3.54. The van der Waals surface area contributed by atoms with Crippen molar-refractivity contribution in [1.82, 2.24) is 14.7 Å². The quantitative estimate of drug-likeness (QED) is 0.775. The monoisotopic (exact) mass is 325 g/mol. The van der Waals surface area contributed by atoms with Crippen LogP contribution < -0.4 is 0 Å². The number of piperidine rings is 1. The van der Waals surface area contributed by atoms with Gasteiger partial charge in [0.2, 0.25) is 11.8 Å². The maximum Gasteiger partial charge on any atom is 0.242 e. The number of likely N-dealkylation sites (tertiary alicyclic amines) is 1. The minimum Gasteiger partial charge on any atom is -0.396 e. The molecule has 0 aromatic rings. The summed E-state index contributed by atoms with van der Waals surface area (Å²) in [6.07, 6.45) is 3.20. The molecule has 0 aromatic carbocycles. The lowest BCUT2D eigenvalue weighted by molar-refractivity contribution is -0.143. The topological polar surface area (TPSA) is 64.1 Å². The molecule has 0 spiro atoms. The van der Waals surface area contributed by atoms with Crippen molar-refractivity contribution in [2.75, 3.05) is 45.9 Å². The number of rotatable bonds is 6. The molecule has 0 radical (unpaired) electrons. The van der Waals surface area contributed by atoms with Crippen LogP contribution in [-0.2, 0) is 9.59 Å². The van der Waals surface area contributed by atoms with Crippen LogP contribution in [0.2, 0.25) is 0 Å². The minimum absolute atomic E-state index is 0.0485. The van der Waals surface area contributed by atoms with Gasteiger partial charge in [-0.2, -0.15) is 0 Å². The minimum atomic E-state index is 0.0485. The van der Waals surface area contributed by atoms with Gasteiger partial charge in [0.05, 0.1) is 6.54 Å². The van der Waals surface area contributed by atoms with Gasteiger partial charge in [-0.1, -0.05) is 13.8 Å². The number of piperazine rings is 1. The van der Waals surface area contributed by atoms with Gasteiger partial charge in [0.1, 0.15) is 0 Å². The van der Waals surface area contributed by atoms with Crippen LogP contribution >= 0.6 is 0 Å². The molecule has 2 fully saturated rings. The highest BCUT2D eigenvalue weighted by Crippen LogP contribution is 2.16. The Morgan fingerprint density at radius 3 is 2.70 bits per heavy atom. The van der Waals surface area contributed by atoms with E-state index in [2.05, 4.69) is 18.7 Å². The van der Waals surface area contributed by atoms with Crippen LogP contribution in [0.3, 0.4) is 0 Å². The molecule has 0 saturated carbocycles. The summed E-state index contributed by atoms with van der Waals surface area (Å²) in [4.78, 5) is 30.4. The average Bonchev–Trinajstić information content (AvgIpc) is 2.51. The van der Waals surface area contributed by atoms with Gasteiger partial charge in [-0.05, 0) is 25.2 Å². The molecule has 1 atom stereocenters. The fourth-order valence-electron chi connectivity index (χ4n) is 3.54. The van der Waals surface area contributed by atoms with Crippen LogP contribution in [0.15, 0.2) is 0 Å². The summed E-state index contributed by atoms with van der Waals surface area (Å²) < 4.78 is 0. The third-order valence-electron chi connectivity index (χ3n) is 4.77. The molecular weight excluding hydrogens is 294 g/mol. The van der Waals surface area contributed by atoms with E-state index in [0.29, 0.717) is 31.8 Å². The smallest absolute Gasteiger partial charge is 0.242 e. The first kappa shape index (κ1) is 18.2. The molecule has 0 bridgehead atoms. The fraction of sp³-hybridized carbons (Fsp3) is 0.882. The third kappa shape index (κ3) is 5.18. The van der Waals surface area contributed by atoms with Gasteiger partial charge in [0.15, 0.2) is 0 Å². The lowest BCUT2D eigenvalue weighted by atomic mass is 10.1. The highest BCUT2D eigenvalue weighted by atomic mass is 16.3. The van der Waals surface area contributed by atoms with Crippen LogP contribution in [0.5, 0.6) is 0 Å². The lowest BCUT2D eigenvalue weighted by Gasteiger charge is -2.42. The van der Waals surface area contributed by atoms with Gasteiger partial charge in [0.25, 0.3) is 0 Å². The van der Waals surface area contributed by atoms with Gasteiger partial charge >= 0.3 is 0 Å². The molecular formula is C17H31N3O3. The SMILES string of the molecule is CC(C)CN1CCN(C(=O)CN2CCCCC2=O)CC1CCO. The zero-order chi connectivity index (χ0) is 16.8. The van der Waals surface area contributed by atoms with Crippen LogP contribution in [0.4, 0.5) is 0 Å². The number of nitrogens with zero attached hydrogens (tertiary/aromatic N) is 3. The summed E-state index contributed by atoms with van der Waals surface area (Å²) in [5.74, 6) is 0.728. The molecule has 132 valence electrons. The summed E-state index contributed by atoms with van der Waals surface area (Å²) >= 11 is 0. The molecule has 2 rings (SSSR count). The number of amides is 2. The van der Waals surface area contributed by atoms with E-state index in [1.165, 1.54) is 0 Å². The molecule has 1 unspecified atom stereocenters. The van der Waals surface area contributed by atoms with Crippen molar-refractivity contribution >= 4 is 11.8 Å². The molecule has 2 heterocycles. The van der Waals surface area contributed by atoms with Gasteiger partial charge in [-0.3, -0.25) is 14.5 Å². The zero-order valence-corrected chi connectivity index (χ0v) is 14.5. The first-order valence-electron chi connectivity index (χ1n) is 8.91. The maximum absolute atomic E-state index is 12.5. The maximum atomic E-state index is 12.5. The van der Waals surface area contributed by atoms with Crippen LogP contribution in [-0.4, -0.2) is 83.5 Å². The predicted octanol–water partition coefficient (Wildman–Crippen LogP) is 0.550. The number of hydrogen-bond acceptors (Lipinski definition) is 4. The van der Waals surface area contributed by atoms with E-state index in [9.17, 15) is 14.7 Å². The molecule has 2 aliphatic rings. The molecule has 6 heteroatoms. The first-order chi connectivity index (χ1) is 11.0. The zero-order valence-electron chi connectivity index (χ0n) is 14.5. The average molecular weight is 325 g/mol. The molecule has 2 aliphatic heterocycles. The van der Waals surface area contributed by atoms with Crippen molar-refractivity contribution in [3.63, 3.8) is 0 Å². The Hall–Kier alpha value is -1.14. The second kappa shape index (κ2) is 8.64. The second-order valence-corrected chi connectivity index (χ2v) is 7.17. The Kier molecular flexibility index (Phi) is 6.84. The number of aliphatic hydroxyl groups is 1. The van der Waals surface area contributed by atoms with Crippen molar-refractivity contribution < 1.29 is 14.7 Å². The van der Waals surface area contributed by atoms with E-state index in [-0.39, 0.29) is 31.0 Å². The molecule has 0 aromatic heterocycles. The predicted molar refractivity (Wildman–Crippen MR) is 88.9 cm³/mol. The van der Waals surface area contributed by atoms with Crippen molar-refractivity contribution in [3.05, 3.63) is 0 Å². The van der Waals surface area contributed by atoms with Crippen molar-refractivity contribution in [2.24, 2.45) is 5.92 Å². The van der Waals surface area contributed by atoms with Crippen molar-refractivity contribution in [3.8, 4) is 0 Å². The van der Waals surface area contributed by atoms with E-state index in [0.717, 1.165) is 32.5 Å². The van der Waals surface area contributed by atoms with Gasteiger partial charge in [-0.15, -0.1) is 0 Å². The third-order valence-corrected chi connectivity index (χ3v) is 4.77. The first-order valence-corrected chi connectivity index (χ1v) is 8.91. The molecule has 2 amide bonds. The molecule has 6 nitrogen and oxygen atoms in total. The summed E-state index contributed by atoms with van der Waals surface area (Å²) in [5.41, 5.74) is 0. The van der Waals surface area contributed by atoms with E-state index in [4.69, 9.17) is 0 Å². The molecule has 0 aliphatic carbocycles. The highest BCUT2D eigenvalue weighted by Gasteiger charge is 2.31. The van der Waals surface area contributed by atoms with Gasteiger partial charge < -0.3 is 14.9 Å². The van der Waals surface area contributed by atoms with Crippen LogP contribution in [0, 0.1) is 5.92 Å². The lowest BCUT2D eigenvalue weighted by Crippen LogP contribution is -2.57. The number of carbonyl (C=O) groups is 2. The van der Waals surface area contributed by atoms with Crippen molar-refractivity contribution in [1.29, 1.82) is 0 Å². The standard InChI is InChI=1S/C17H31N3O3/c1-14(2)11-18-8-9-20(12-15(18)6-10-21)17(23)13-19-7-4-3-5-16(19)22/h14-15,21H,3-13H2,1-2H3. The van der Waals surface area contributed by atoms with Gasteiger partial charge in [-0.25, -0.2) is 0 Å². The highest BCUT2D eigenvalue weighted by molar-refractivity contribution is 5.85. The van der Waals surface area contributed by atoms with Crippen LogP contribution in [0.25, 0.3) is 0 Å². The second-order valence-electron chi connectivity index (χ2n) is 7.17. The summed E-state index contributed by atoms with van der Waals surface area (Å²) in [7, 11) is 0.